The SMILES string of the molecule is CCOC(=O)C1CC1CN1C[C@H](C(=O)Nc2ccc(Cl)cc2)[C@@H](C(=O)N(F)c2ccc(-n3ccccc3=O)cc2)C1. The van der Waals surface area contributed by atoms with Gasteiger partial charge in [-0.25, -0.2) is 0 Å². The number of pyridine rings is 1. The first kappa shape index (κ1) is 28.5. The molecule has 1 saturated carbocycles. The van der Waals surface area contributed by atoms with Crippen LogP contribution in [-0.4, -0.2) is 53.5 Å². The summed E-state index contributed by atoms with van der Waals surface area (Å²) in [6.45, 7) is 2.98. The van der Waals surface area contributed by atoms with E-state index in [-0.39, 0.29) is 47.3 Å². The molecule has 11 heteroatoms. The van der Waals surface area contributed by atoms with Gasteiger partial charge in [0.15, 0.2) is 0 Å². The lowest BCUT2D eigenvalue weighted by atomic mass is 9.94. The molecule has 2 aromatic carbocycles. The summed E-state index contributed by atoms with van der Waals surface area (Å²) in [6.07, 6.45) is 2.28. The standard InChI is InChI=1S/C30H30ClFN4O5/c1-2-41-30(40)24-15-19(24)16-34-17-25(28(38)33-21-8-6-20(31)7-9-21)26(18-34)29(39)36(32)23-12-10-22(11-13-23)35-14-4-3-5-27(35)37/h3-14,19,24-26H,2,15-18H2,1H3,(H,33,38)/t19?,24?,25-,26-/m0/s1. The quantitative estimate of drug-likeness (QED) is 0.302. The monoisotopic (exact) mass is 580 g/mol. The van der Waals surface area contributed by atoms with Crippen LogP contribution in [0, 0.1) is 23.7 Å². The van der Waals surface area contributed by atoms with Crippen molar-refractivity contribution < 1.29 is 23.6 Å². The summed E-state index contributed by atoms with van der Waals surface area (Å²) >= 11 is 5.95. The molecule has 2 unspecified atom stereocenters. The Bertz CT molecular complexity index is 1480. The molecule has 9 nitrogen and oxygen atoms in total. The predicted octanol–water partition coefficient (Wildman–Crippen LogP) is 4.09. The molecule has 2 fully saturated rings. The number of likely N-dealkylation sites (tertiary alicyclic amines) is 1. The Hall–Kier alpha value is -4.02. The van der Waals surface area contributed by atoms with E-state index < -0.39 is 23.7 Å². The van der Waals surface area contributed by atoms with E-state index in [2.05, 4.69) is 5.32 Å². The van der Waals surface area contributed by atoms with Gasteiger partial charge in [-0.05, 0) is 73.9 Å². The number of anilines is 2. The fourth-order valence-corrected chi connectivity index (χ4v) is 5.42. The molecule has 1 N–H and O–H groups in total. The molecule has 2 amide bonds. The Morgan fingerprint density at radius 2 is 1.71 bits per heavy atom. The largest absolute Gasteiger partial charge is 0.466 e. The summed E-state index contributed by atoms with van der Waals surface area (Å²) < 4.78 is 22.1. The number of halogens is 2. The Kier molecular flexibility index (Phi) is 8.51. The first-order valence-corrected chi connectivity index (χ1v) is 13.9. The minimum absolute atomic E-state index is 0.0115. The second-order valence-corrected chi connectivity index (χ2v) is 10.8. The van der Waals surface area contributed by atoms with Gasteiger partial charge in [0, 0.05) is 48.3 Å². The lowest BCUT2D eigenvalue weighted by Crippen LogP contribution is -2.38. The van der Waals surface area contributed by atoms with Crippen molar-refractivity contribution in [2.24, 2.45) is 23.7 Å². The van der Waals surface area contributed by atoms with Gasteiger partial charge in [0.1, 0.15) is 0 Å². The van der Waals surface area contributed by atoms with Crippen LogP contribution in [0.5, 0.6) is 0 Å². The molecule has 0 spiro atoms. The van der Waals surface area contributed by atoms with Gasteiger partial charge in [-0.15, -0.1) is 5.12 Å². The summed E-state index contributed by atoms with van der Waals surface area (Å²) in [5, 5.41) is 3.39. The maximum Gasteiger partial charge on any atom is 0.309 e. The van der Waals surface area contributed by atoms with Crippen LogP contribution < -0.4 is 16.0 Å². The van der Waals surface area contributed by atoms with Gasteiger partial charge in [-0.3, -0.25) is 23.7 Å². The Morgan fingerprint density at radius 1 is 1.00 bits per heavy atom. The van der Waals surface area contributed by atoms with E-state index >= 15 is 4.48 Å². The van der Waals surface area contributed by atoms with Gasteiger partial charge in [0.05, 0.1) is 30.0 Å². The lowest BCUT2D eigenvalue weighted by molar-refractivity contribution is -0.145. The van der Waals surface area contributed by atoms with E-state index in [1.54, 1.807) is 61.7 Å². The average molecular weight is 581 g/mol. The Labute approximate surface area is 241 Å². The molecule has 2 heterocycles. The summed E-state index contributed by atoms with van der Waals surface area (Å²) in [4.78, 5) is 53.0. The van der Waals surface area contributed by atoms with E-state index in [9.17, 15) is 19.2 Å². The van der Waals surface area contributed by atoms with Crippen molar-refractivity contribution in [3.05, 3.63) is 88.3 Å². The number of amides is 2. The van der Waals surface area contributed by atoms with E-state index in [1.165, 1.54) is 22.8 Å². The van der Waals surface area contributed by atoms with Crippen LogP contribution in [0.15, 0.2) is 77.7 Å². The normalized spacial score (nSPS) is 21.7. The van der Waals surface area contributed by atoms with Crippen LogP contribution in [0.4, 0.5) is 15.9 Å². The van der Waals surface area contributed by atoms with Crippen LogP contribution in [0.1, 0.15) is 13.3 Å². The van der Waals surface area contributed by atoms with Gasteiger partial charge in [-0.2, -0.15) is 0 Å². The highest BCUT2D eigenvalue weighted by atomic mass is 35.5. The summed E-state index contributed by atoms with van der Waals surface area (Å²) in [7, 11) is 0. The number of esters is 1. The van der Waals surface area contributed by atoms with Crippen LogP contribution in [0.25, 0.3) is 5.69 Å². The van der Waals surface area contributed by atoms with Crippen molar-refractivity contribution in [2.45, 2.75) is 13.3 Å². The Morgan fingerprint density at radius 3 is 2.39 bits per heavy atom. The highest BCUT2D eigenvalue weighted by Gasteiger charge is 2.49. The van der Waals surface area contributed by atoms with Gasteiger partial charge in [0.2, 0.25) is 5.91 Å². The molecule has 1 saturated heterocycles. The zero-order valence-electron chi connectivity index (χ0n) is 22.4. The molecular weight excluding hydrogens is 551 g/mol. The van der Waals surface area contributed by atoms with Crippen molar-refractivity contribution in [1.29, 1.82) is 0 Å². The van der Waals surface area contributed by atoms with Gasteiger partial charge in [0.25, 0.3) is 11.5 Å². The van der Waals surface area contributed by atoms with Crippen LogP contribution >= 0.6 is 11.6 Å². The third-order valence-electron chi connectivity index (χ3n) is 7.54. The predicted molar refractivity (Wildman–Crippen MR) is 152 cm³/mol. The molecule has 1 aliphatic carbocycles. The molecule has 2 aliphatic rings. The Balaban J connectivity index is 1.32. The van der Waals surface area contributed by atoms with Crippen molar-refractivity contribution in [2.75, 3.05) is 36.7 Å². The van der Waals surface area contributed by atoms with Gasteiger partial charge in [-0.1, -0.05) is 22.1 Å². The summed E-state index contributed by atoms with van der Waals surface area (Å²) in [5.74, 6) is -3.39. The fraction of sp³-hybridized carbons (Fsp3) is 0.333. The van der Waals surface area contributed by atoms with Crippen molar-refractivity contribution in [3.63, 3.8) is 0 Å². The molecule has 1 aromatic heterocycles. The van der Waals surface area contributed by atoms with Crippen LogP contribution in [0.3, 0.4) is 0 Å². The summed E-state index contributed by atoms with van der Waals surface area (Å²) in [6, 6.07) is 17.2. The molecule has 3 aromatic rings. The van der Waals surface area contributed by atoms with Crippen LogP contribution in [-0.2, 0) is 19.1 Å². The fourth-order valence-electron chi connectivity index (χ4n) is 5.30. The smallest absolute Gasteiger partial charge is 0.309 e. The van der Waals surface area contributed by atoms with Gasteiger partial charge >= 0.3 is 5.97 Å². The first-order chi connectivity index (χ1) is 19.7. The average Bonchev–Trinajstić information content (AvgIpc) is 3.62. The zero-order valence-corrected chi connectivity index (χ0v) is 23.2. The number of ether oxygens (including phenoxy) is 1. The number of nitrogens with one attached hydrogen (secondary N) is 1. The molecule has 1 aliphatic heterocycles. The third-order valence-corrected chi connectivity index (χ3v) is 7.79. The van der Waals surface area contributed by atoms with E-state index in [1.807, 2.05) is 4.90 Å². The minimum Gasteiger partial charge on any atom is -0.466 e. The molecule has 214 valence electrons. The van der Waals surface area contributed by atoms with E-state index in [0.29, 0.717) is 36.0 Å². The van der Waals surface area contributed by atoms with E-state index in [0.717, 1.165) is 0 Å². The maximum atomic E-state index is 15.5. The number of aromatic nitrogens is 1. The molecular formula is C30H30ClFN4O5. The van der Waals surface area contributed by atoms with E-state index in [4.69, 9.17) is 16.3 Å². The van der Waals surface area contributed by atoms with Crippen molar-refractivity contribution in [1.82, 2.24) is 9.47 Å². The lowest BCUT2D eigenvalue weighted by Gasteiger charge is -2.21. The molecule has 0 radical (unpaired) electrons. The first-order valence-electron chi connectivity index (χ1n) is 13.5. The van der Waals surface area contributed by atoms with Crippen molar-refractivity contribution >= 4 is 40.8 Å². The van der Waals surface area contributed by atoms with Gasteiger partial charge < -0.3 is 15.0 Å². The molecule has 4 atom stereocenters. The second-order valence-electron chi connectivity index (χ2n) is 10.3. The molecule has 41 heavy (non-hydrogen) atoms. The highest BCUT2D eigenvalue weighted by molar-refractivity contribution is 6.30. The second kappa shape index (κ2) is 12.2. The van der Waals surface area contributed by atoms with Crippen LogP contribution in [0.2, 0.25) is 5.02 Å². The third kappa shape index (κ3) is 6.49. The molecule has 5 rings (SSSR count). The summed E-state index contributed by atoms with van der Waals surface area (Å²) in [5.41, 5.74) is 0.781. The zero-order chi connectivity index (χ0) is 29.1. The maximum absolute atomic E-state index is 15.5. The number of carbonyl (C=O) groups is 3. The minimum atomic E-state index is -0.955. The van der Waals surface area contributed by atoms with Crippen molar-refractivity contribution in [3.8, 4) is 5.69 Å². The number of nitrogens with zero attached hydrogens (tertiary/aromatic N) is 3. The number of hydrogen-bond donors (Lipinski definition) is 1. The molecule has 0 bridgehead atoms. The number of rotatable bonds is 9. The topological polar surface area (TPSA) is 101 Å². The number of carbonyl (C=O) groups excluding carboxylic acids is 3. The highest BCUT2D eigenvalue weighted by Crippen LogP contribution is 2.41. The number of benzene rings is 2. The number of hydrogen-bond acceptors (Lipinski definition) is 6.